The van der Waals surface area contributed by atoms with Crippen molar-refractivity contribution >= 4 is 38.3 Å². The van der Waals surface area contributed by atoms with E-state index >= 15 is 4.39 Å². The summed E-state index contributed by atoms with van der Waals surface area (Å²) >= 11 is 0.801. The minimum Gasteiger partial charge on any atom is -0.381 e. The van der Waals surface area contributed by atoms with Gasteiger partial charge in [0, 0.05) is 31.6 Å². The molecule has 0 radical (unpaired) electrons. The summed E-state index contributed by atoms with van der Waals surface area (Å²) in [5.41, 5.74) is -1.23. The van der Waals surface area contributed by atoms with Crippen molar-refractivity contribution in [2.45, 2.75) is 65.9 Å². The van der Waals surface area contributed by atoms with Crippen LogP contribution < -0.4 is 5.14 Å². The largest absolute Gasteiger partial charge is 0.381 e. The topological polar surface area (TPSA) is 131 Å². The number of amides is 1. The van der Waals surface area contributed by atoms with E-state index in [0.717, 1.165) is 22.4 Å². The van der Waals surface area contributed by atoms with E-state index in [1.54, 1.807) is 6.07 Å². The molecule has 3 N–H and O–H groups in total. The second-order valence-corrected chi connectivity index (χ2v) is 14.2. The number of thiazole rings is 1. The molecule has 2 aromatic heterocycles. The fraction of sp³-hybridized carbons (Fsp3) is 0.577. The van der Waals surface area contributed by atoms with E-state index in [1.807, 2.05) is 0 Å². The van der Waals surface area contributed by atoms with Crippen LogP contribution in [0.5, 0.6) is 0 Å². The number of rotatable bonds is 6. The van der Waals surface area contributed by atoms with E-state index in [9.17, 15) is 30.8 Å². The number of carbonyl (C=O) groups excluding carboxylic acids is 1. The van der Waals surface area contributed by atoms with E-state index in [4.69, 9.17) is 9.88 Å². The summed E-state index contributed by atoms with van der Waals surface area (Å²) in [6, 6.07) is 2.99. The Bertz CT molecular complexity index is 1620. The summed E-state index contributed by atoms with van der Waals surface area (Å²) in [7, 11) is -4.07. The third kappa shape index (κ3) is 5.19. The molecule has 42 heavy (non-hydrogen) atoms. The maximum Gasteiger partial charge on any atom is 0.282 e. The third-order valence-electron chi connectivity index (χ3n) is 8.59. The minimum absolute atomic E-state index is 0.0242. The zero-order valence-corrected chi connectivity index (χ0v) is 23.8. The van der Waals surface area contributed by atoms with Crippen LogP contribution in [0.25, 0.3) is 11.0 Å². The Balaban J connectivity index is 1.41. The number of sulfonamides is 1. The van der Waals surface area contributed by atoms with E-state index in [2.05, 4.69) is 15.0 Å². The SMILES string of the molecule is NS(=O)(=O)c1cnc([C@H](c2nc3c(F)c(C4(C(=O)N5CC(F)(F)C5)CCOCC4)ccc3[nH]2)C2CCC(F)(F)CC2)s1. The summed E-state index contributed by atoms with van der Waals surface area (Å²) in [4.78, 5) is 26.4. The summed E-state index contributed by atoms with van der Waals surface area (Å²) in [5, 5.41) is 5.55. The molecular weight excluding hydrogens is 605 g/mol. The number of imidazole rings is 1. The number of ether oxygens (including phenoxy) is 1. The average Bonchev–Trinajstić information content (AvgIpc) is 3.57. The molecule has 0 unspecified atom stereocenters. The molecule has 6 rings (SSSR count). The van der Waals surface area contributed by atoms with Gasteiger partial charge < -0.3 is 14.6 Å². The van der Waals surface area contributed by atoms with Gasteiger partial charge in [0.2, 0.25) is 21.9 Å². The van der Waals surface area contributed by atoms with Gasteiger partial charge >= 0.3 is 0 Å². The quantitative estimate of drug-likeness (QED) is 0.390. The Kier molecular flexibility index (Phi) is 7.14. The highest BCUT2D eigenvalue weighted by molar-refractivity contribution is 7.91. The van der Waals surface area contributed by atoms with E-state index in [1.165, 1.54) is 6.07 Å². The van der Waals surface area contributed by atoms with Crippen molar-refractivity contribution in [2.75, 3.05) is 26.3 Å². The summed E-state index contributed by atoms with van der Waals surface area (Å²) in [5.74, 6) is -8.14. The van der Waals surface area contributed by atoms with Crippen LogP contribution in [0.2, 0.25) is 0 Å². The molecule has 1 atom stereocenters. The lowest BCUT2D eigenvalue weighted by molar-refractivity contribution is -0.174. The summed E-state index contributed by atoms with van der Waals surface area (Å²) in [6.07, 6.45) is 0.756. The van der Waals surface area contributed by atoms with Gasteiger partial charge in [0.15, 0.2) is 10.0 Å². The Morgan fingerprint density at radius 3 is 2.36 bits per heavy atom. The molecule has 1 aliphatic carbocycles. The molecule has 2 aliphatic heterocycles. The number of fused-ring (bicyclic) bond motifs is 1. The molecule has 3 fully saturated rings. The number of nitrogens with zero attached hydrogens (tertiary/aromatic N) is 3. The average molecular weight is 634 g/mol. The van der Waals surface area contributed by atoms with Gasteiger partial charge in [-0.1, -0.05) is 6.07 Å². The standard InChI is InChI=1S/C26H28F5N5O4S2/c27-19-15(24(7-9-40-10-8-24)23(37)36-12-26(30,31)13-36)1-2-16-20(19)35-21(34-16)18(14-3-5-25(28,29)6-4-14)22-33-11-17(41-22)42(32,38)39/h1-2,11,14,18H,3-10,12-13H2,(H,34,35)(H2,32,38,39)/t18-/m0/s1. The van der Waals surface area contributed by atoms with Crippen LogP contribution in [-0.4, -0.2) is 72.3 Å². The zero-order valence-electron chi connectivity index (χ0n) is 22.2. The van der Waals surface area contributed by atoms with E-state index < -0.39 is 63.9 Å². The van der Waals surface area contributed by atoms with Crippen molar-refractivity contribution in [1.82, 2.24) is 19.9 Å². The number of primary sulfonamides is 1. The van der Waals surface area contributed by atoms with Crippen molar-refractivity contribution in [1.29, 1.82) is 0 Å². The van der Waals surface area contributed by atoms with Gasteiger partial charge in [-0.3, -0.25) is 4.79 Å². The number of H-pyrrole nitrogens is 1. The van der Waals surface area contributed by atoms with Crippen LogP contribution >= 0.6 is 11.3 Å². The lowest BCUT2D eigenvalue weighted by atomic mass is 9.72. The Labute approximate surface area is 241 Å². The monoisotopic (exact) mass is 633 g/mol. The number of nitrogens with two attached hydrogens (primary N) is 1. The molecule has 1 amide bonds. The summed E-state index contributed by atoms with van der Waals surface area (Å²) < 4.78 is 101. The maximum atomic E-state index is 16.3. The number of hydrogen-bond donors (Lipinski definition) is 2. The first-order valence-corrected chi connectivity index (χ1v) is 15.9. The first-order valence-electron chi connectivity index (χ1n) is 13.5. The first-order chi connectivity index (χ1) is 19.7. The second-order valence-electron chi connectivity index (χ2n) is 11.4. The van der Waals surface area contributed by atoms with Crippen LogP contribution in [0.15, 0.2) is 22.5 Å². The number of aromatic nitrogens is 3. The second kappa shape index (κ2) is 10.2. The Morgan fingerprint density at radius 2 is 1.76 bits per heavy atom. The lowest BCUT2D eigenvalue weighted by Gasteiger charge is -2.46. The molecule has 3 aliphatic rings. The van der Waals surface area contributed by atoms with Crippen LogP contribution in [0, 0.1) is 11.7 Å². The molecule has 4 heterocycles. The van der Waals surface area contributed by atoms with E-state index in [-0.39, 0.29) is 83.4 Å². The number of alkyl halides is 4. The minimum atomic E-state index is -4.07. The van der Waals surface area contributed by atoms with Crippen LogP contribution in [0.3, 0.4) is 0 Å². The number of halogens is 5. The number of carbonyl (C=O) groups is 1. The Morgan fingerprint density at radius 1 is 1.10 bits per heavy atom. The van der Waals surface area contributed by atoms with Gasteiger partial charge in [0.1, 0.15) is 16.3 Å². The molecule has 2 saturated heterocycles. The van der Waals surface area contributed by atoms with E-state index in [0.29, 0.717) is 0 Å². The smallest absolute Gasteiger partial charge is 0.282 e. The van der Waals surface area contributed by atoms with Gasteiger partial charge in [-0.05, 0) is 37.7 Å². The molecule has 1 aromatic carbocycles. The lowest BCUT2D eigenvalue weighted by Crippen LogP contribution is -2.63. The molecular formula is C26H28F5N5O4S2. The fourth-order valence-corrected chi connectivity index (χ4v) is 8.11. The van der Waals surface area contributed by atoms with Gasteiger partial charge in [0.25, 0.3) is 5.92 Å². The number of nitrogens with one attached hydrogen (secondary N) is 1. The molecule has 0 bridgehead atoms. The highest BCUT2D eigenvalue weighted by Crippen LogP contribution is 2.47. The molecule has 3 aromatic rings. The van der Waals surface area contributed by atoms with Crippen LogP contribution in [0.1, 0.15) is 60.8 Å². The Hall–Kier alpha value is -2.69. The van der Waals surface area contributed by atoms with Crippen LogP contribution in [-0.2, 0) is 25.0 Å². The molecule has 0 spiro atoms. The maximum absolute atomic E-state index is 16.3. The van der Waals surface area contributed by atoms with Crippen LogP contribution in [0.4, 0.5) is 22.0 Å². The highest BCUT2D eigenvalue weighted by atomic mass is 32.2. The van der Waals surface area contributed by atoms with Crippen molar-refractivity contribution in [3.05, 3.63) is 40.5 Å². The van der Waals surface area contributed by atoms with Crippen molar-refractivity contribution in [2.24, 2.45) is 11.1 Å². The fourth-order valence-electron chi connectivity index (χ4n) is 6.34. The summed E-state index contributed by atoms with van der Waals surface area (Å²) in [6.45, 7) is -1.18. The molecule has 16 heteroatoms. The van der Waals surface area contributed by atoms with Gasteiger partial charge in [-0.15, -0.1) is 11.3 Å². The highest BCUT2D eigenvalue weighted by Gasteiger charge is 2.54. The third-order valence-corrected chi connectivity index (χ3v) is 11.1. The number of likely N-dealkylation sites (tertiary alicyclic amines) is 1. The predicted molar refractivity (Wildman–Crippen MR) is 142 cm³/mol. The van der Waals surface area contributed by atoms with Gasteiger partial charge in [0.05, 0.1) is 36.1 Å². The molecule has 9 nitrogen and oxygen atoms in total. The predicted octanol–water partition coefficient (Wildman–Crippen LogP) is 4.29. The normalized spacial score (nSPS) is 23.0. The number of aromatic amines is 1. The van der Waals surface area contributed by atoms with Gasteiger partial charge in [-0.25, -0.2) is 45.5 Å². The van der Waals surface area contributed by atoms with Crippen molar-refractivity contribution in [3.63, 3.8) is 0 Å². The number of benzene rings is 1. The molecule has 1 saturated carbocycles. The number of hydrogen-bond acceptors (Lipinski definition) is 7. The van der Waals surface area contributed by atoms with Crippen molar-refractivity contribution in [3.8, 4) is 0 Å². The molecule has 228 valence electrons. The zero-order chi connectivity index (χ0) is 30.1. The van der Waals surface area contributed by atoms with Crippen molar-refractivity contribution < 1.29 is 39.9 Å². The van der Waals surface area contributed by atoms with Gasteiger partial charge in [-0.2, -0.15) is 0 Å². The first kappa shape index (κ1) is 29.4.